The Labute approximate surface area is 108 Å². The Morgan fingerprint density at radius 3 is 2.78 bits per heavy atom. The number of aromatic hydroxyl groups is 1. The molecule has 0 aromatic heterocycles. The molecule has 3 heteroatoms. The van der Waals surface area contributed by atoms with Crippen molar-refractivity contribution in [3.63, 3.8) is 0 Å². The van der Waals surface area contributed by atoms with Gasteiger partial charge < -0.3 is 5.11 Å². The van der Waals surface area contributed by atoms with E-state index >= 15 is 0 Å². The van der Waals surface area contributed by atoms with Gasteiger partial charge in [0, 0.05) is 18.2 Å². The largest absolute Gasteiger partial charge is 0.508 e. The first kappa shape index (κ1) is 13.3. The van der Waals surface area contributed by atoms with Crippen LogP contribution in [-0.2, 0) is 6.54 Å². The van der Waals surface area contributed by atoms with E-state index in [0.29, 0.717) is 24.1 Å². The van der Waals surface area contributed by atoms with Gasteiger partial charge in [0.1, 0.15) is 11.6 Å². The number of halogens is 1. The predicted octanol–water partition coefficient (Wildman–Crippen LogP) is 3.54. The summed E-state index contributed by atoms with van der Waals surface area (Å²) in [6.07, 6.45) is 5.06. The van der Waals surface area contributed by atoms with Crippen molar-refractivity contribution in [2.45, 2.75) is 45.2 Å². The van der Waals surface area contributed by atoms with Gasteiger partial charge in [0.15, 0.2) is 0 Å². The van der Waals surface area contributed by atoms with E-state index in [4.69, 9.17) is 0 Å². The fraction of sp³-hybridized carbons (Fsp3) is 0.600. The van der Waals surface area contributed by atoms with Gasteiger partial charge in [-0.1, -0.05) is 19.8 Å². The lowest BCUT2D eigenvalue weighted by Crippen LogP contribution is -2.38. The van der Waals surface area contributed by atoms with Crippen LogP contribution < -0.4 is 0 Å². The zero-order chi connectivity index (χ0) is 13.1. The molecule has 0 bridgehead atoms. The zero-order valence-electron chi connectivity index (χ0n) is 11.2. The summed E-state index contributed by atoms with van der Waals surface area (Å²) in [6, 6.07) is 4.70. The molecule has 0 amide bonds. The van der Waals surface area contributed by atoms with Crippen LogP contribution in [0.2, 0.25) is 0 Å². The molecule has 1 aromatic rings. The molecule has 0 spiro atoms. The van der Waals surface area contributed by atoms with Gasteiger partial charge in [-0.25, -0.2) is 4.39 Å². The number of nitrogens with zero attached hydrogens (tertiary/aromatic N) is 1. The Kier molecular flexibility index (Phi) is 4.23. The minimum atomic E-state index is -0.284. The number of phenolic OH excluding ortho intramolecular Hbond substituents is 1. The molecule has 0 saturated heterocycles. The minimum Gasteiger partial charge on any atom is -0.508 e. The third-order valence-electron chi connectivity index (χ3n) is 4.09. The highest BCUT2D eigenvalue weighted by molar-refractivity contribution is 5.32. The molecule has 18 heavy (non-hydrogen) atoms. The summed E-state index contributed by atoms with van der Waals surface area (Å²) in [4.78, 5) is 2.25. The second-order valence-corrected chi connectivity index (χ2v) is 5.52. The second-order valence-electron chi connectivity index (χ2n) is 5.52. The second kappa shape index (κ2) is 5.70. The molecule has 1 N–H and O–H groups in total. The van der Waals surface area contributed by atoms with Crippen molar-refractivity contribution in [2.75, 3.05) is 7.05 Å². The van der Waals surface area contributed by atoms with Gasteiger partial charge in [-0.15, -0.1) is 0 Å². The van der Waals surface area contributed by atoms with Crippen LogP contribution in [0.4, 0.5) is 4.39 Å². The Hall–Kier alpha value is -1.09. The highest BCUT2D eigenvalue weighted by atomic mass is 19.1. The maximum atomic E-state index is 13.2. The summed E-state index contributed by atoms with van der Waals surface area (Å²) in [5.74, 6) is 0.582. The number of hydrogen-bond donors (Lipinski definition) is 1. The van der Waals surface area contributed by atoms with Crippen molar-refractivity contribution in [2.24, 2.45) is 5.92 Å². The van der Waals surface area contributed by atoms with Crippen molar-refractivity contribution in [1.82, 2.24) is 4.90 Å². The smallest absolute Gasteiger partial charge is 0.123 e. The van der Waals surface area contributed by atoms with Gasteiger partial charge >= 0.3 is 0 Å². The van der Waals surface area contributed by atoms with Crippen LogP contribution in [-0.4, -0.2) is 23.1 Å². The Balaban J connectivity index is 2.05. The molecular formula is C15H22FNO. The first-order valence-electron chi connectivity index (χ1n) is 6.75. The molecule has 1 saturated carbocycles. The van der Waals surface area contributed by atoms with Crippen molar-refractivity contribution in [1.29, 1.82) is 0 Å². The average Bonchev–Trinajstić information content (AvgIpc) is 2.34. The van der Waals surface area contributed by atoms with E-state index in [1.807, 2.05) is 0 Å². The van der Waals surface area contributed by atoms with Crippen LogP contribution in [0, 0.1) is 11.7 Å². The third kappa shape index (κ3) is 3.02. The van der Waals surface area contributed by atoms with Crippen LogP contribution >= 0.6 is 0 Å². The van der Waals surface area contributed by atoms with E-state index in [-0.39, 0.29) is 11.6 Å². The lowest BCUT2D eigenvalue weighted by molar-refractivity contribution is 0.132. The Morgan fingerprint density at radius 1 is 1.33 bits per heavy atom. The first-order chi connectivity index (χ1) is 8.58. The quantitative estimate of drug-likeness (QED) is 0.888. The molecule has 1 aromatic carbocycles. The van der Waals surface area contributed by atoms with E-state index in [0.717, 1.165) is 0 Å². The number of hydrogen-bond acceptors (Lipinski definition) is 2. The molecule has 0 heterocycles. The standard InChI is InChI=1S/C15H22FNO/c1-11-5-3-4-6-14(11)17(2)10-12-9-13(16)7-8-15(12)18/h7-9,11,14,18H,3-6,10H2,1-2H3. The SMILES string of the molecule is CC1CCCCC1N(C)Cc1cc(F)ccc1O. The maximum Gasteiger partial charge on any atom is 0.123 e. The molecule has 2 nitrogen and oxygen atoms in total. The Bertz CT molecular complexity index is 407. The van der Waals surface area contributed by atoms with Crippen LogP contribution in [0.3, 0.4) is 0 Å². The first-order valence-corrected chi connectivity index (χ1v) is 6.75. The normalized spacial score (nSPS) is 24.4. The number of benzene rings is 1. The van der Waals surface area contributed by atoms with Crippen LogP contribution in [0.15, 0.2) is 18.2 Å². The summed E-state index contributed by atoms with van der Waals surface area (Å²) in [5.41, 5.74) is 0.676. The minimum absolute atomic E-state index is 0.187. The van der Waals surface area contributed by atoms with Crippen LogP contribution in [0.25, 0.3) is 0 Å². The molecule has 2 atom stereocenters. The fourth-order valence-corrected chi connectivity index (χ4v) is 3.02. The van der Waals surface area contributed by atoms with E-state index in [1.165, 1.54) is 43.9 Å². The predicted molar refractivity (Wildman–Crippen MR) is 71.0 cm³/mol. The van der Waals surface area contributed by atoms with Crippen molar-refractivity contribution in [3.05, 3.63) is 29.6 Å². The van der Waals surface area contributed by atoms with Crippen molar-refractivity contribution < 1.29 is 9.50 Å². The molecule has 1 fully saturated rings. The fourth-order valence-electron chi connectivity index (χ4n) is 3.02. The van der Waals surface area contributed by atoms with Crippen LogP contribution in [0.5, 0.6) is 5.75 Å². The van der Waals surface area contributed by atoms with E-state index < -0.39 is 0 Å². The summed E-state index contributed by atoms with van der Waals surface area (Å²) in [6.45, 7) is 2.89. The van der Waals surface area contributed by atoms with Gasteiger partial charge in [0.2, 0.25) is 0 Å². The third-order valence-corrected chi connectivity index (χ3v) is 4.09. The summed E-state index contributed by atoms with van der Waals surface area (Å²) >= 11 is 0. The average molecular weight is 251 g/mol. The lowest BCUT2D eigenvalue weighted by Gasteiger charge is -2.36. The lowest BCUT2D eigenvalue weighted by atomic mass is 9.85. The van der Waals surface area contributed by atoms with Gasteiger partial charge in [-0.05, 0) is 44.0 Å². The highest BCUT2D eigenvalue weighted by Gasteiger charge is 2.25. The molecule has 1 aliphatic carbocycles. The van der Waals surface area contributed by atoms with Crippen molar-refractivity contribution in [3.8, 4) is 5.75 Å². The molecule has 1 aliphatic rings. The highest BCUT2D eigenvalue weighted by Crippen LogP contribution is 2.29. The maximum absolute atomic E-state index is 13.2. The summed E-state index contributed by atoms with van der Waals surface area (Å²) in [7, 11) is 2.07. The number of phenols is 1. The molecule has 2 rings (SSSR count). The summed E-state index contributed by atoms with van der Waals surface area (Å²) in [5, 5.41) is 9.75. The van der Waals surface area contributed by atoms with Crippen LogP contribution in [0.1, 0.15) is 38.2 Å². The van der Waals surface area contributed by atoms with Gasteiger partial charge in [-0.3, -0.25) is 4.90 Å². The zero-order valence-corrected chi connectivity index (χ0v) is 11.2. The van der Waals surface area contributed by atoms with Gasteiger partial charge in [0.05, 0.1) is 0 Å². The van der Waals surface area contributed by atoms with Gasteiger partial charge in [-0.2, -0.15) is 0 Å². The Morgan fingerprint density at radius 2 is 2.06 bits per heavy atom. The molecule has 2 unspecified atom stereocenters. The number of rotatable bonds is 3. The molecule has 0 radical (unpaired) electrons. The molecule has 100 valence electrons. The van der Waals surface area contributed by atoms with E-state index in [2.05, 4.69) is 18.9 Å². The summed E-state index contributed by atoms with van der Waals surface area (Å²) < 4.78 is 13.2. The molecule has 0 aliphatic heterocycles. The molecular weight excluding hydrogens is 229 g/mol. The topological polar surface area (TPSA) is 23.5 Å². The van der Waals surface area contributed by atoms with E-state index in [9.17, 15) is 9.50 Å². The van der Waals surface area contributed by atoms with E-state index in [1.54, 1.807) is 0 Å². The van der Waals surface area contributed by atoms with Crippen molar-refractivity contribution >= 4 is 0 Å². The van der Waals surface area contributed by atoms with Gasteiger partial charge in [0.25, 0.3) is 0 Å². The monoisotopic (exact) mass is 251 g/mol.